The monoisotopic (exact) mass is 481 g/mol. The number of carbonyl (C=O) groups excluding carboxylic acids is 1. The summed E-state index contributed by atoms with van der Waals surface area (Å²) in [6, 6.07) is 5.66. The Morgan fingerprint density at radius 2 is 2.00 bits per heavy atom. The minimum Gasteiger partial charge on any atom is -0.345 e. The topological polar surface area (TPSA) is 98.5 Å². The molecule has 1 atom stereocenters. The zero-order valence-corrected chi connectivity index (χ0v) is 20.6. The van der Waals surface area contributed by atoms with Gasteiger partial charge in [-0.15, -0.1) is 33.3 Å². The first-order valence-corrected chi connectivity index (χ1v) is 12.9. The number of hydrogen-bond donors (Lipinski definition) is 1. The summed E-state index contributed by atoms with van der Waals surface area (Å²) in [7, 11) is 1.85. The van der Waals surface area contributed by atoms with E-state index in [0.29, 0.717) is 23.9 Å². The predicted octanol–water partition coefficient (Wildman–Crippen LogP) is 4.07. The van der Waals surface area contributed by atoms with Crippen LogP contribution in [-0.2, 0) is 26.4 Å². The van der Waals surface area contributed by atoms with Crippen LogP contribution >= 0.6 is 23.1 Å². The summed E-state index contributed by atoms with van der Waals surface area (Å²) in [6.45, 7) is 2.61. The van der Waals surface area contributed by atoms with Crippen LogP contribution in [0.5, 0.6) is 0 Å². The standard InChI is InChI=1S/C23H27N7OS2/c1-15(4-8-20-24-11-17(32-3)12-25-20)5-9-22-28-18-7-6-16(10-19(18)33-22)23(31)26-13-21-29-27-14-30(21)2/h6-7,10-12,14-15H,4-5,8-9,13H2,1-3H3,(H,26,31)/t15-/m0/s1. The molecule has 8 nitrogen and oxygen atoms in total. The van der Waals surface area contributed by atoms with E-state index in [1.807, 2.05) is 43.9 Å². The van der Waals surface area contributed by atoms with E-state index >= 15 is 0 Å². The molecular formula is C23H27N7OS2. The van der Waals surface area contributed by atoms with Crippen molar-refractivity contribution in [3.8, 4) is 0 Å². The Morgan fingerprint density at radius 3 is 2.73 bits per heavy atom. The Bertz CT molecular complexity index is 1220. The van der Waals surface area contributed by atoms with Crippen molar-refractivity contribution in [3.05, 3.63) is 59.1 Å². The molecule has 33 heavy (non-hydrogen) atoms. The molecule has 3 heterocycles. The molecule has 0 aliphatic rings. The van der Waals surface area contributed by atoms with E-state index in [2.05, 4.69) is 32.4 Å². The van der Waals surface area contributed by atoms with E-state index < -0.39 is 0 Å². The molecule has 0 radical (unpaired) electrons. The van der Waals surface area contributed by atoms with Gasteiger partial charge >= 0.3 is 0 Å². The van der Waals surface area contributed by atoms with Crippen molar-refractivity contribution < 1.29 is 4.79 Å². The molecule has 0 unspecified atom stereocenters. The Kier molecular flexibility index (Phi) is 7.66. The predicted molar refractivity (Wildman–Crippen MR) is 131 cm³/mol. The first-order chi connectivity index (χ1) is 16.0. The van der Waals surface area contributed by atoms with Crippen LogP contribution in [0.1, 0.15) is 46.8 Å². The van der Waals surface area contributed by atoms with Crippen LogP contribution in [-0.4, -0.2) is 41.9 Å². The van der Waals surface area contributed by atoms with Crippen LogP contribution in [0.25, 0.3) is 10.2 Å². The van der Waals surface area contributed by atoms with Gasteiger partial charge in [0.1, 0.15) is 12.2 Å². The van der Waals surface area contributed by atoms with Gasteiger partial charge in [0.15, 0.2) is 5.82 Å². The number of aryl methyl sites for hydroxylation is 3. The third-order valence-electron chi connectivity index (χ3n) is 5.54. The van der Waals surface area contributed by atoms with Gasteiger partial charge in [0, 0.05) is 36.3 Å². The zero-order chi connectivity index (χ0) is 23.2. The van der Waals surface area contributed by atoms with E-state index in [1.165, 1.54) is 0 Å². The van der Waals surface area contributed by atoms with Gasteiger partial charge in [-0.05, 0) is 49.6 Å². The van der Waals surface area contributed by atoms with Gasteiger partial charge in [0.05, 0.1) is 21.8 Å². The summed E-state index contributed by atoms with van der Waals surface area (Å²) in [4.78, 5) is 27.3. The van der Waals surface area contributed by atoms with Gasteiger partial charge < -0.3 is 9.88 Å². The first-order valence-electron chi connectivity index (χ1n) is 10.9. The number of benzene rings is 1. The third kappa shape index (κ3) is 6.14. The van der Waals surface area contributed by atoms with E-state index in [0.717, 1.165) is 51.6 Å². The van der Waals surface area contributed by atoms with Crippen LogP contribution in [0.15, 0.2) is 41.8 Å². The first kappa shape index (κ1) is 23.3. The summed E-state index contributed by atoms with van der Waals surface area (Å²) in [6.07, 6.45) is 11.4. The smallest absolute Gasteiger partial charge is 0.251 e. The normalized spacial score (nSPS) is 12.2. The van der Waals surface area contributed by atoms with Gasteiger partial charge in [-0.2, -0.15) is 0 Å². The van der Waals surface area contributed by atoms with E-state index in [1.54, 1.807) is 34.0 Å². The van der Waals surface area contributed by atoms with Crippen molar-refractivity contribution in [3.63, 3.8) is 0 Å². The van der Waals surface area contributed by atoms with E-state index in [9.17, 15) is 4.79 Å². The second-order valence-corrected chi connectivity index (χ2v) is 10.0. The molecule has 0 saturated heterocycles. The van der Waals surface area contributed by atoms with E-state index in [4.69, 9.17) is 4.98 Å². The highest BCUT2D eigenvalue weighted by atomic mass is 32.2. The summed E-state index contributed by atoms with van der Waals surface area (Å²) in [5.41, 5.74) is 1.57. The van der Waals surface area contributed by atoms with Crippen molar-refractivity contribution >= 4 is 39.2 Å². The summed E-state index contributed by atoms with van der Waals surface area (Å²) in [5, 5.41) is 11.8. The quantitative estimate of drug-likeness (QED) is 0.341. The fourth-order valence-corrected chi connectivity index (χ4v) is 4.75. The molecule has 1 N–H and O–H groups in total. The molecule has 0 aliphatic heterocycles. The van der Waals surface area contributed by atoms with Gasteiger partial charge in [-0.25, -0.2) is 15.0 Å². The highest BCUT2D eigenvalue weighted by molar-refractivity contribution is 7.98. The van der Waals surface area contributed by atoms with Crippen LogP contribution in [0.3, 0.4) is 0 Å². The number of aromatic nitrogens is 6. The van der Waals surface area contributed by atoms with E-state index in [-0.39, 0.29) is 5.91 Å². The van der Waals surface area contributed by atoms with Gasteiger partial charge in [0.25, 0.3) is 5.91 Å². The lowest BCUT2D eigenvalue weighted by molar-refractivity contribution is 0.0949. The maximum atomic E-state index is 12.5. The minimum atomic E-state index is -0.128. The Morgan fingerprint density at radius 1 is 1.21 bits per heavy atom. The average molecular weight is 482 g/mol. The highest BCUT2D eigenvalue weighted by Crippen LogP contribution is 2.26. The largest absolute Gasteiger partial charge is 0.345 e. The van der Waals surface area contributed by atoms with Gasteiger partial charge in [-0.3, -0.25) is 4.79 Å². The summed E-state index contributed by atoms with van der Waals surface area (Å²) < 4.78 is 2.82. The maximum absolute atomic E-state index is 12.5. The average Bonchev–Trinajstić information content (AvgIpc) is 3.44. The summed E-state index contributed by atoms with van der Waals surface area (Å²) >= 11 is 3.32. The van der Waals surface area contributed by atoms with Crippen LogP contribution < -0.4 is 5.32 Å². The summed E-state index contributed by atoms with van der Waals surface area (Å²) in [5.74, 6) is 2.05. The van der Waals surface area contributed by atoms with Gasteiger partial charge in [0.2, 0.25) is 0 Å². The van der Waals surface area contributed by atoms with Crippen molar-refractivity contribution in [1.29, 1.82) is 0 Å². The second kappa shape index (κ2) is 10.8. The molecule has 0 aliphatic carbocycles. The van der Waals surface area contributed by atoms with Crippen molar-refractivity contribution in [2.45, 2.75) is 44.0 Å². The lowest BCUT2D eigenvalue weighted by Crippen LogP contribution is -2.24. The molecule has 1 amide bonds. The Balaban J connectivity index is 1.29. The number of thiazole rings is 1. The van der Waals surface area contributed by atoms with Crippen LogP contribution in [0.2, 0.25) is 0 Å². The zero-order valence-electron chi connectivity index (χ0n) is 19.0. The molecule has 0 spiro atoms. The molecule has 3 aromatic heterocycles. The van der Waals surface area contributed by atoms with Gasteiger partial charge in [-0.1, -0.05) is 6.92 Å². The Labute approximate surface area is 201 Å². The molecule has 0 bridgehead atoms. The van der Waals surface area contributed by atoms with Crippen molar-refractivity contribution in [2.24, 2.45) is 13.0 Å². The number of amides is 1. The third-order valence-corrected chi connectivity index (χ3v) is 7.30. The molecule has 4 rings (SSSR count). The van der Waals surface area contributed by atoms with Crippen molar-refractivity contribution in [2.75, 3.05) is 6.26 Å². The van der Waals surface area contributed by atoms with Crippen molar-refractivity contribution in [1.82, 2.24) is 35.0 Å². The molecule has 0 saturated carbocycles. The minimum absolute atomic E-state index is 0.128. The number of nitrogens with zero attached hydrogens (tertiary/aromatic N) is 6. The lowest BCUT2D eigenvalue weighted by atomic mass is 10.00. The molecular weight excluding hydrogens is 454 g/mol. The number of thioether (sulfide) groups is 1. The van der Waals surface area contributed by atoms with Crippen LogP contribution in [0.4, 0.5) is 0 Å². The molecule has 4 aromatic rings. The fourth-order valence-electron chi connectivity index (χ4n) is 3.42. The highest BCUT2D eigenvalue weighted by Gasteiger charge is 2.12. The molecule has 1 aromatic carbocycles. The number of hydrogen-bond acceptors (Lipinski definition) is 8. The SMILES string of the molecule is CSc1cnc(CC[C@H](C)CCc2nc3ccc(C(=O)NCc4nncn4C)cc3s2)nc1. The van der Waals surface area contributed by atoms with Crippen LogP contribution in [0, 0.1) is 5.92 Å². The number of carbonyl (C=O) groups is 1. The Hall–Kier alpha value is -2.85. The number of rotatable bonds is 10. The number of nitrogens with one attached hydrogen (secondary N) is 1. The number of fused-ring (bicyclic) bond motifs is 1. The second-order valence-electron chi connectivity index (χ2n) is 8.05. The lowest BCUT2D eigenvalue weighted by Gasteiger charge is -2.09. The molecule has 172 valence electrons. The maximum Gasteiger partial charge on any atom is 0.251 e. The molecule has 0 fully saturated rings. The fraction of sp³-hybridized carbons (Fsp3) is 0.391. The molecule has 10 heteroatoms.